The van der Waals surface area contributed by atoms with Crippen LogP contribution in [0.1, 0.15) is 30.0 Å². The van der Waals surface area contributed by atoms with Gasteiger partial charge in [0.05, 0.1) is 11.8 Å². The molecule has 0 radical (unpaired) electrons. The van der Waals surface area contributed by atoms with E-state index in [1.54, 1.807) is 72.8 Å². The van der Waals surface area contributed by atoms with Crippen LogP contribution in [-0.4, -0.2) is 20.3 Å². The Morgan fingerprint density at radius 3 is 1.61 bits per heavy atom. The van der Waals surface area contributed by atoms with E-state index in [0.717, 1.165) is 11.1 Å². The quantitative estimate of drug-likeness (QED) is 0.260. The molecule has 2 atom stereocenters. The molecule has 1 aliphatic rings. The number of rotatable bonds is 8. The van der Waals surface area contributed by atoms with E-state index in [-0.39, 0.29) is 25.9 Å². The van der Waals surface area contributed by atoms with Crippen molar-refractivity contribution >= 4 is 50.0 Å². The molecule has 1 saturated heterocycles. The zero-order chi connectivity index (χ0) is 26.2. The maximum absolute atomic E-state index is 14.6. The van der Waals surface area contributed by atoms with Gasteiger partial charge in [0.1, 0.15) is 0 Å². The van der Waals surface area contributed by atoms with Crippen LogP contribution in [-0.2, 0) is 37.6 Å². The van der Waals surface area contributed by atoms with Crippen molar-refractivity contribution in [2.75, 3.05) is 0 Å². The standard InChI is InChI=1S/C25H25Cl3O6P2/c1-24(35(29,30)31)17-25(14-18-2-8-21(26)9-3-18,15-19-4-10-22(27)11-5-19)36(32,34-24)33-16-20-6-12-23(28)13-7-20/h2-13H,14-17H2,1H3,(H2,29,30,31). The van der Waals surface area contributed by atoms with Crippen molar-refractivity contribution < 1.29 is 28.0 Å². The lowest BCUT2D eigenvalue weighted by molar-refractivity contribution is 0.125. The Bertz CT molecular complexity index is 1260. The maximum Gasteiger partial charge on any atom is 0.357 e. The second-order valence-corrected chi connectivity index (χ2v) is 14.9. The third kappa shape index (κ3) is 5.94. The third-order valence-corrected chi connectivity index (χ3v) is 11.5. The van der Waals surface area contributed by atoms with Gasteiger partial charge in [-0.25, -0.2) is 0 Å². The first kappa shape index (κ1) is 27.9. The summed E-state index contributed by atoms with van der Waals surface area (Å²) < 4.78 is 39.1. The lowest BCUT2D eigenvalue weighted by atomic mass is 9.87. The van der Waals surface area contributed by atoms with Crippen molar-refractivity contribution in [2.45, 2.75) is 43.3 Å². The van der Waals surface area contributed by atoms with E-state index in [9.17, 15) is 18.9 Å². The third-order valence-electron chi connectivity index (χ3n) is 6.38. The lowest BCUT2D eigenvalue weighted by Gasteiger charge is -2.33. The molecule has 2 N–H and O–H groups in total. The molecule has 1 fully saturated rings. The van der Waals surface area contributed by atoms with Crippen molar-refractivity contribution in [1.82, 2.24) is 0 Å². The van der Waals surface area contributed by atoms with Gasteiger partial charge in [0.25, 0.3) is 0 Å². The summed E-state index contributed by atoms with van der Waals surface area (Å²) in [5, 5.41) is -1.67. The van der Waals surface area contributed by atoms with E-state index in [4.69, 9.17) is 43.9 Å². The van der Waals surface area contributed by atoms with Crippen molar-refractivity contribution in [3.63, 3.8) is 0 Å². The van der Waals surface area contributed by atoms with Crippen LogP contribution in [0.2, 0.25) is 15.1 Å². The van der Waals surface area contributed by atoms with Crippen LogP contribution < -0.4 is 0 Å². The molecule has 0 amide bonds. The lowest BCUT2D eigenvalue weighted by Crippen LogP contribution is -2.35. The van der Waals surface area contributed by atoms with Crippen LogP contribution in [0.4, 0.5) is 0 Å². The summed E-state index contributed by atoms with van der Waals surface area (Å²) in [6.45, 7) is 1.20. The zero-order valence-corrected chi connectivity index (χ0v) is 23.4. The van der Waals surface area contributed by atoms with Crippen LogP contribution in [0.3, 0.4) is 0 Å². The Balaban J connectivity index is 1.80. The van der Waals surface area contributed by atoms with Crippen molar-refractivity contribution in [2.24, 2.45) is 0 Å². The predicted molar refractivity (Wildman–Crippen MR) is 143 cm³/mol. The van der Waals surface area contributed by atoms with E-state index in [1.807, 2.05) is 0 Å². The maximum atomic E-state index is 14.6. The first-order chi connectivity index (χ1) is 16.8. The highest BCUT2D eigenvalue weighted by Crippen LogP contribution is 2.78. The predicted octanol–water partition coefficient (Wildman–Crippen LogP) is 7.89. The summed E-state index contributed by atoms with van der Waals surface area (Å²) >= 11 is 18.1. The van der Waals surface area contributed by atoms with Gasteiger partial charge in [0.15, 0.2) is 5.34 Å². The summed E-state index contributed by atoms with van der Waals surface area (Å²) in [4.78, 5) is 20.4. The second-order valence-electron chi connectivity index (χ2n) is 9.22. The Labute approximate surface area is 225 Å². The molecule has 1 heterocycles. The summed E-state index contributed by atoms with van der Waals surface area (Å²) in [5.41, 5.74) is 2.25. The Morgan fingerprint density at radius 1 is 0.833 bits per heavy atom. The summed E-state index contributed by atoms with van der Waals surface area (Å²) in [6, 6.07) is 20.8. The van der Waals surface area contributed by atoms with Crippen LogP contribution in [0.15, 0.2) is 72.8 Å². The van der Waals surface area contributed by atoms with Crippen molar-refractivity contribution in [1.29, 1.82) is 0 Å². The number of hydrogen-bond acceptors (Lipinski definition) is 4. The normalized spacial score (nSPS) is 23.6. The smallest absolute Gasteiger partial charge is 0.322 e. The molecule has 6 nitrogen and oxygen atoms in total. The average Bonchev–Trinajstić information content (AvgIpc) is 3.03. The van der Waals surface area contributed by atoms with Crippen LogP contribution >= 0.6 is 50.0 Å². The van der Waals surface area contributed by atoms with Gasteiger partial charge in [-0.1, -0.05) is 71.2 Å². The molecule has 0 aliphatic carbocycles. The minimum Gasteiger partial charge on any atom is -0.322 e. The Hall–Kier alpha value is -1.17. The van der Waals surface area contributed by atoms with Crippen LogP contribution in [0.25, 0.3) is 0 Å². The average molecular weight is 590 g/mol. The van der Waals surface area contributed by atoms with Gasteiger partial charge >= 0.3 is 15.2 Å². The van der Waals surface area contributed by atoms with Crippen molar-refractivity contribution in [3.05, 3.63) is 105 Å². The molecule has 36 heavy (non-hydrogen) atoms. The first-order valence-electron chi connectivity index (χ1n) is 11.1. The Kier molecular flexibility index (Phi) is 8.15. The molecule has 11 heteroatoms. The van der Waals surface area contributed by atoms with E-state index in [2.05, 4.69) is 0 Å². The van der Waals surface area contributed by atoms with Gasteiger partial charge in [-0.3, -0.25) is 13.7 Å². The van der Waals surface area contributed by atoms with Gasteiger partial charge in [-0.05, 0) is 72.9 Å². The molecule has 3 aromatic rings. The Morgan fingerprint density at radius 2 is 1.22 bits per heavy atom. The summed E-state index contributed by atoms with van der Waals surface area (Å²) in [5.74, 6) is 0. The fourth-order valence-electron chi connectivity index (χ4n) is 4.50. The number of hydrogen-bond donors (Lipinski definition) is 2. The molecular formula is C25H25Cl3O6P2. The van der Waals surface area contributed by atoms with Crippen molar-refractivity contribution in [3.8, 4) is 0 Å². The molecule has 192 valence electrons. The molecule has 1 aliphatic heterocycles. The fourth-order valence-corrected chi connectivity index (χ4v) is 8.93. The molecule has 0 spiro atoms. The fraction of sp³-hybridized carbons (Fsp3) is 0.280. The summed E-state index contributed by atoms with van der Waals surface area (Å²) in [6.07, 6.45) is 0.175. The van der Waals surface area contributed by atoms with Gasteiger partial charge in [0.2, 0.25) is 0 Å². The van der Waals surface area contributed by atoms with E-state index in [0.29, 0.717) is 20.6 Å². The van der Waals surface area contributed by atoms with Gasteiger partial charge in [0, 0.05) is 21.5 Å². The van der Waals surface area contributed by atoms with Crippen LogP contribution in [0.5, 0.6) is 0 Å². The zero-order valence-electron chi connectivity index (χ0n) is 19.3. The molecule has 3 aromatic carbocycles. The number of halogens is 3. The monoisotopic (exact) mass is 588 g/mol. The second kappa shape index (κ2) is 10.5. The van der Waals surface area contributed by atoms with Gasteiger partial charge in [-0.2, -0.15) is 0 Å². The molecule has 0 saturated carbocycles. The molecule has 0 bridgehead atoms. The highest BCUT2D eigenvalue weighted by molar-refractivity contribution is 7.59. The topological polar surface area (TPSA) is 93.1 Å². The summed E-state index contributed by atoms with van der Waals surface area (Å²) in [7, 11) is -9.00. The van der Waals surface area contributed by atoms with E-state index in [1.165, 1.54) is 6.92 Å². The van der Waals surface area contributed by atoms with Crippen LogP contribution in [0, 0.1) is 0 Å². The molecule has 4 rings (SSSR count). The van der Waals surface area contributed by atoms with Gasteiger partial charge < -0.3 is 14.3 Å². The van der Waals surface area contributed by atoms with Gasteiger partial charge in [-0.15, -0.1) is 0 Å². The molecule has 2 unspecified atom stereocenters. The minimum absolute atomic E-state index is 0.0886. The minimum atomic E-state index is -4.85. The SMILES string of the molecule is CC1(P(=O)(O)O)CC(Cc2ccc(Cl)cc2)(Cc2ccc(Cl)cc2)P(=O)(OCc2ccc(Cl)cc2)O1. The van der Waals surface area contributed by atoms with E-state index >= 15 is 0 Å². The molecule has 0 aromatic heterocycles. The number of benzene rings is 3. The molecular weight excluding hydrogens is 565 g/mol. The highest BCUT2D eigenvalue weighted by atomic mass is 35.5. The largest absolute Gasteiger partial charge is 0.357 e. The first-order valence-corrected chi connectivity index (χ1v) is 15.4. The van der Waals surface area contributed by atoms with E-state index < -0.39 is 25.7 Å². The highest BCUT2D eigenvalue weighted by Gasteiger charge is 2.68.